The Morgan fingerprint density at radius 1 is 0.532 bits per heavy atom. The Bertz CT molecular complexity index is 2210. The predicted molar refractivity (Wildman–Crippen MR) is 262 cm³/mol. The zero-order valence-electron chi connectivity index (χ0n) is 38.3. The molecule has 3 N–H and O–H groups in total. The average Bonchev–Trinajstić information content (AvgIpc) is 3.96. The second-order valence-corrected chi connectivity index (χ2v) is 10.0. The molecule has 0 unspecified atom stereocenters. The van der Waals surface area contributed by atoms with Crippen LogP contribution in [0.4, 0.5) is 15.8 Å². The molecule has 8 rings (SSSR count). The Kier molecular flexibility index (Phi) is 37.0. The van der Waals surface area contributed by atoms with Crippen LogP contribution >= 0.6 is 12.4 Å². The second-order valence-electron chi connectivity index (χ2n) is 10.0. The van der Waals surface area contributed by atoms with Gasteiger partial charge >= 0.3 is 5.69 Å². The molecule has 0 aliphatic rings. The van der Waals surface area contributed by atoms with E-state index in [0.717, 1.165) is 45.1 Å². The van der Waals surface area contributed by atoms with E-state index in [1.54, 1.807) is 10.9 Å². The lowest BCUT2D eigenvalue weighted by molar-refractivity contribution is -0.664. The third-order valence-corrected chi connectivity index (χ3v) is 6.71. The highest BCUT2D eigenvalue weighted by molar-refractivity contribution is 5.85. The molecular weight excluding hydrogens is 805 g/mol. The average molecular weight is 873 g/mol. The minimum Gasteiger partial charge on any atom is -0.692 e. The standard InChI is InChI=1S/C12H9N3O.C12H9N3.C6H4FNO2.C6H8N2.6C2H6.ClH/c16-15-12-9-5-4-8-11(12)13-14(15)10-6-2-1-3-7-10;1-2-6-10(7-3-1)15-13-11-8-4-5-9-12(11)14-15;7-5-3-1-2-4-6(5)8(9)10;7-8-6-4-2-1-3-5-6;6*1-2;/h1-9H;1-9H;1-4H;1-5,8H,7H2;6*1-2H3;1H. The molecule has 0 aliphatic carbocycles. The fourth-order valence-electron chi connectivity index (χ4n) is 4.35. The number of hydrogen-bond acceptors (Lipinski definition) is 8. The predicted octanol–water partition coefficient (Wildman–Crippen LogP) is 13.4. The molecule has 14 heteroatoms. The van der Waals surface area contributed by atoms with Gasteiger partial charge in [-0.25, -0.2) is 0 Å². The fraction of sp³-hybridized carbons (Fsp3) is 0.250. The van der Waals surface area contributed by atoms with Crippen LogP contribution in [0.15, 0.2) is 164 Å². The van der Waals surface area contributed by atoms with Crippen molar-refractivity contribution in [2.75, 3.05) is 5.43 Å². The summed E-state index contributed by atoms with van der Waals surface area (Å²) >= 11 is 0. The molecule has 0 saturated carbocycles. The van der Waals surface area contributed by atoms with Crippen molar-refractivity contribution in [1.82, 2.24) is 24.9 Å². The number of nitrogens with two attached hydrogens (primary N) is 1. The number of nitro benzene ring substituents is 1. The van der Waals surface area contributed by atoms with Crippen LogP contribution in [0.3, 0.4) is 0 Å². The molecule has 62 heavy (non-hydrogen) atoms. The Hall–Kier alpha value is -6.70. The van der Waals surface area contributed by atoms with Gasteiger partial charge in [-0.1, -0.05) is 174 Å². The molecule has 8 aromatic rings. The van der Waals surface area contributed by atoms with Crippen LogP contribution in [0.2, 0.25) is 0 Å². The smallest absolute Gasteiger partial charge is 0.304 e. The van der Waals surface area contributed by atoms with Gasteiger partial charge in [0.05, 0.1) is 15.7 Å². The number of anilines is 1. The number of rotatable bonds is 4. The number of benzene rings is 6. The Balaban J connectivity index is -0.000000704. The topological polar surface area (TPSA) is 157 Å². The zero-order valence-corrected chi connectivity index (χ0v) is 39.1. The molecule has 2 aromatic heterocycles. The number of nitrogens with zero attached hydrogens (tertiary/aromatic N) is 7. The van der Waals surface area contributed by atoms with Crippen LogP contribution in [0.1, 0.15) is 83.1 Å². The Labute approximate surface area is 374 Å². The summed E-state index contributed by atoms with van der Waals surface area (Å²) in [4.78, 5) is 13.0. The van der Waals surface area contributed by atoms with E-state index in [2.05, 4.69) is 20.7 Å². The number of hydrazine groups is 1. The summed E-state index contributed by atoms with van der Waals surface area (Å²) in [6.45, 7) is 24.0. The third-order valence-electron chi connectivity index (χ3n) is 6.71. The second kappa shape index (κ2) is 38.5. The largest absolute Gasteiger partial charge is 0.692 e. The molecule has 0 aliphatic heterocycles. The molecule has 0 atom stereocenters. The zero-order chi connectivity index (χ0) is 46.4. The van der Waals surface area contributed by atoms with Gasteiger partial charge in [0.1, 0.15) is 16.7 Å². The molecule has 0 spiro atoms. The van der Waals surface area contributed by atoms with E-state index >= 15 is 0 Å². The van der Waals surface area contributed by atoms with Crippen molar-refractivity contribution < 1.29 is 14.2 Å². The lowest BCUT2D eigenvalue weighted by atomic mass is 10.3. The van der Waals surface area contributed by atoms with Gasteiger partial charge in [-0.2, -0.15) is 9.19 Å². The SMILES string of the molecule is CC.CC.CC.CC.CC.CC.Cl.NNc1ccccc1.O=[N+]([O-])c1ccccc1F.[O-][n+]1c2ccccc2nn1-c1ccccc1.c1ccc(-n2nc3ccccc3n2)cc1. The number of hydrogen-bond donors (Lipinski definition) is 2. The number of nitro groups is 1. The summed E-state index contributed by atoms with van der Waals surface area (Å²) in [5.41, 5.74) is 7.83. The van der Waals surface area contributed by atoms with E-state index in [4.69, 9.17) is 5.84 Å². The summed E-state index contributed by atoms with van der Waals surface area (Å²) in [5, 5.41) is 35.0. The summed E-state index contributed by atoms with van der Waals surface area (Å²) in [5.74, 6) is 4.30. The maximum absolute atomic E-state index is 12.4. The Morgan fingerprint density at radius 2 is 0.903 bits per heavy atom. The van der Waals surface area contributed by atoms with E-state index in [1.807, 2.05) is 217 Å². The number of para-hydroxylation sites is 5. The first-order valence-electron chi connectivity index (χ1n) is 20.9. The normalized spacial score (nSPS) is 8.55. The van der Waals surface area contributed by atoms with Crippen molar-refractivity contribution in [2.45, 2.75) is 83.1 Å². The van der Waals surface area contributed by atoms with E-state index in [1.165, 1.54) is 16.9 Å². The first kappa shape index (κ1) is 59.6. The Morgan fingerprint density at radius 3 is 1.29 bits per heavy atom. The highest BCUT2D eigenvalue weighted by Crippen LogP contribution is 2.14. The minimum absolute atomic E-state index is 0. The van der Waals surface area contributed by atoms with E-state index in [0.29, 0.717) is 11.0 Å². The van der Waals surface area contributed by atoms with Crippen LogP contribution in [0.5, 0.6) is 0 Å². The van der Waals surface area contributed by atoms with Gasteiger partial charge in [0, 0.05) is 11.8 Å². The lowest BCUT2D eigenvalue weighted by Gasteiger charge is -2.02. The number of halogens is 2. The van der Waals surface area contributed by atoms with Gasteiger partial charge in [0.2, 0.25) is 16.9 Å². The quantitative estimate of drug-likeness (QED) is 0.0582. The molecule has 0 bridgehead atoms. The van der Waals surface area contributed by atoms with E-state index in [9.17, 15) is 19.7 Å². The number of fused-ring (bicyclic) bond motifs is 2. The molecular formula is C48H67ClFN9O3. The molecule has 2 heterocycles. The van der Waals surface area contributed by atoms with E-state index < -0.39 is 16.4 Å². The van der Waals surface area contributed by atoms with Crippen molar-refractivity contribution in [3.8, 4) is 11.4 Å². The molecule has 336 valence electrons. The highest BCUT2D eigenvalue weighted by atomic mass is 35.5. The first-order chi connectivity index (χ1) is 29.9. The van der Waals surface area contributed by atoms with Crippen molar-refractivity contribution in [3.05, 3.63) is 185 Å². The summed E-state index contributed by atoms with van der Waals surface area (Å²) in [6, 6.07) is 49.0. The third kappa shape index (κ3) is 20.5. The fourth-order valence-corrected chi connectivity index (χ4v) is 4.35. The molecule has 0 radical (unpaired) electrons. The van der Waals surface area contributed by atoms with Crippen LogP contribution in [0, 0.1) is 21.1 Å². The maximum atomic E-state index is 12.4. The molecule has 0 fully saturated rings. The lowest BCUT2D eigenvalue weighted by Crippen LogP contribution is -2.37. The number of nitrogens with one attached hydrogen (secondary N) is 1. The summed E-state index contributed by atoms with van der Waals surface area (Å²) in [7, 11) is 0. The van der Waals surface area contributed by atoms with Crippen molar-refractivity contribution in [2.24, 2.45) is 5.84 Å². The van der Waals surface area contributed by atoms with Gasteiger partial charge in [0.15, 0.2) is 0 Å². The van der Waals surface area contributed by atoms with Crippen LogP contribution in [0.25, 0.3) is 33.4 Å². The minimum atomic E-state index is -0.799. The van der Waals surface area contributed by atoms with Crippen molar-refractivity contribution in [3.63, 3.8) is 0 Å². The molecule has 0 saturated heterocycles. The van der Waals surface area contributed by atoms with Crippen molar-refractivity contribution >= 4 is 45.8 Å². The van der Waals surface area contributed by atoms with Crippen LogP contribution in [-0.4, -0.2) is 29.8 Å². The van der Waals surface area contributed by atoms with Crippen LogP contribution < -0.4 is 16.1 Å². The first-order valence-corrected chi connectivity index (χ1v) is 20.9. The maximum Gasteiger partial charge on any atom is 0.304 e. The van der Waals surface area contributed by atoms with Gasteiger partial charge in [-0.15, -0.1) is 27.4 Å². The summed E-state index contributed by atoms with van der Waals surface area (Å²) in [6.07, 6.45) is 0. The van der Waals surface area contributed by atoms with Gasteiger partial charge in [-0.3, -0.25) is 16.0 Å². The number of nitrogen functional groups attached to an aromatic ring is 1. The summed E-state index contributed by atoms with van der Waals surface area (Å²) < 4.78 is 12.4. The van der Waals surface area contributed by atoms with E-state index in [-0.39, 0.29) is 12.4 Å². The van der Waals surface area contributed by atoms with Crippen molar-refractivity contribution in [1.29, 1.82) is 0 Å². The molecule has 0 amide bonds. The van der Waals surface area contributed by atoms with Gasteiger partial charge in [0.25, 0.3) is 0 Å². The van der Waals surface area contributed by atoms with Crippen LogP contribution in [-0.2, 0) is 0 Å². The number of aromatic nitrogens is 6. The molecule has 6 aromatic carbocycles. The van der Waals surface area contributed by atoms with Gasteiger partial charge in [-0.05, 0) is 71.5 Å². The monoisotopic (exact) mass is 872 g/mol. The molecule has 12 nitrogen and oxygen atoms in total. The van der Waals surface area contributed by atoms with Gasteiger partial charge < -0.3 is 10.6 Å². The highest BCUT2D eigenvalue weighted by Gasteiger charge is 2.14.